The summed E-state index contributed by atoms with van der Waals surface area (Å²) in [5, 5.41) is 0. The van der Waals surface area contributed by atoms with Crippen molar-refractivity contribution < 1.29 is 4.79 Å². The summed E-state index contributed by atoms with van der Waals surface area (Å²) in [6, 6.07) is 0. The molecule has 0 atom stereocenters. The molecule has 0 rings (SSSR count). The van der Waals surface area contributed by atoms with Crippen molar-refractivity contribution in [1.82, 2.24) is 4.90 Å². The first-order valence-electron chi connectivity index (χ1n) is 25.2. The van der Waals surface area contributed by atoms with Gasteiger partial charge >= 0.3 is 0 Å². The second-order valence-electron chi connectivity index (χ2n) is 17.4. The van der Waals surface area contributed by atoms with Crippen LogP contribution in [0.4, 0.5) is 0 Å². The van der Waals surface area contributed by atoms with E-state index in [0.717, 1.165) is 25.9 Å². The second-order valence-corrected chi connectivity index (χ2v) is 17.4. The summed E-state index contributed by atoms with van der Waals surface area (Å²) in [4.78, 5) is 14.5. The molecule has 316 valence electrons. The van der Waals surface area contributed by atoms with Crippen molar-refractivity contribution in [1.29, 1.82) is 0 Å². The van der Waals surface area contributed by atoms with Crippen LogP contribution >= 0.6 is 0 Å². The molecule has 2 nitrogen and oxygen atoms in total. The Kier molecular flexibility index (Phi) is 46.7. The molecule has 0 bridgehead atoms. The first-order valence-corrected chi connectivity index (χ1v) is 25.2. The third-order valence-electron chi connectivity index (χ3n) is 12.0. The molecule has 1 amide bonds. The highest BCUT2D eigenvalue weighted by molar-refractivity contribution is 5.86. The van der Waals surface area contributed by atoms with E-state index in [4.69, 9.17) is 0 Å². The Morgan fingerprint density at radius 3 is 0.604 bits per heavy atom. The van der Waals surface area contributed by atoms with Crippen LogP contribution in [0.2, 0.25) is 0 Å². The van der Waals surface area contributed by atoms with Crippen molar-refractivity contribution in [2.45, 2.75) is 296 Å². The fourth-order valence-corrected chi connectivity index (χ4v) is 8.28. The highest BCUT2D eigenvalue weighted by Crippen LogP contribution is 2.17. The molecule has 0 aromatic carbocycles. The van der Waals surface area contributed by atoms with E-state index >= 15 is 0 Å². The Labute approximate surface area is 336 Å². The van der Waals surface area contributed by atoms with E-state index < -0.39 is 0 Å². The average molecular weight is 744 g/mol. The summed E-state index contributed by atoms with van der Waals surface area (Å²) in [6.45, 7) is 10.2. The number of carbonyl (C=O) groups is 1. The fraction of sp³-hybridized carbons (Fsp3) is 0.941. The number of hydrogen-bond acceptors (Lipinski definition) is 1. The van der Waals surface area contributed by atoms with Gasteiger partial charge in [-0.1, -0.05) is 290 Å². The van der Waals surface area contributed by atoms with Gasteiger partial charge in [-0.2, -0.15) is 0 Å². The van der Waals surface area contributed by atoms with Gasteiger partial charge in [-0.3, -0.25) is 4.79 Å². The Hall–Kier alpha value is -0.790. The molecule has 0 N–H and O–H groups in total. The van der Waals surface area contributed by atoms with Gasteiger partial charge < -0.3 is 4.90 Å². The largest absolute Gasteiger partial charge is 0.339 e. The van der Waals surface area contributed by atoms with Crippen LogP contribution in [0.15, 0.2) is 12.7 Å². The number of nitrogens with zero attached hydrogens (tertiary/aromatic N) is 1. The molecule has 53 heavy (non-hydrogen) atoms. The maximum Gasteiger partial charge on any atom is 0.245 e. The first kappa shape index (κ1) is 52.2. The zero-order valence-electron chi connectivity index (χ0n) is 37.2. The van der Waals surface area contributed by atoms with Gasteiger partial charge in [0.05, 0.1) is 0 Å². The molecule has 2 heteroatoms. The maximum absolute atomic E-state index is 12.4. The lowest BCUT2D eigenvalue weighted by molar-refractivity contribution is -0.126. The van der Waals surface area contributed by atoms with Crippen molar-refractivity contribution in [3.63, 3.8) is 0 Å². The maximum atomic E-state index is 12.4. The summed E-state index contributed by atoms with van der Waals surface area (Å²) in [7, 11) is 0. The quantitative estimate of drug-likeness (QED) is 0.0449. The first-order chi connectivity index (χ1) is 26.3. The summed E-state index contributed by atoms with van der Waals surface area (Å²) >= 11 is 0. The van der Waals surface area contributed by atoms with E-state index in [9.17, 15) is 4.79 Å². The number of hydrogen-bond donors (Lipinski definition) is 0. The van der Waals surface area contributed by atoms with Gasteiger partial charge in [0, 0.05) is 13.1 Å². The zero-order valence-corrected chi connectivity index (χ0v) is 37.2. The van der Waals surface area contributed by atoms with Gasteiger partial charge in [0.1, 0.15) is 0 Å². The van der Waals surface area contributed by atoms with Crippen molar-refractivity contribution in [3.05, 3.63) is 12.7 Å². The van der Waals surface area contributed by atoms with Gasteiger partial charge in [0.2, 0.25) is 5.91 Å². The predicted octanol–water partition coefficient (Wildman–Crippen LogP) is 18.2. The summed E-state index contributed by atoms with van der Waals surface area (Å²) in [5.74, 6) is 0.136. The molecule has 0 saturated carbocycles. The molecule has 0 fully saturated rings. The molecular weight excluding hydrogens is 643 g/mol. The molecule has 0 aliphatic rings. The third kappa shape index (κ3) is 43.8. The van der Waals surface area contributed by atoms with Gasteiger partial charge in [-0.25, -0.2) is 0 Å². The summed E-state index contributed by atoms with van der Waals surface area (Å²) in [6.07, 6.45) is 63.8. The molecule has 0 saturated heterocycles. The van der Waals surface area contributed by atoms with E-state index in [0.29, 0.717) is 0 Å². The number of amides is 1. The molecule has 0 aliphatic carbocycles. The Bertz CT molecular complexity index is 640. The number of carbonyl (C=O) groups excluding carboxylic acids is 1. The van der Waals surface area contributed by atoms with Crippen LogP contribution in [0.5, 0.6) is 0 Å². The van der Waals surface area contributed by atoms with E-state index in [-0.39, 0.29) is 5.91 Å². The van der Waals surface area contributed by atoms with Crippen LogP contribution in [0, 0.1) is 0 Å². The van der Waals surface area contributed by atoms with Crippen LogP contribution in [-0.4, -0.2) is 23.9 Å². The van der Waals surface area contributed by atoms with Gasteiger partial charge in [-0.05, 0) is 18.9 Å². The molecular formula is C51H101NO. The molecule has 0 aliphatic heterocycles. The highest BCUT2D eigenvalue weighted by atomic mass is 16.2. The monoisotopic (exact) mass is 744 g/mol. The molecule has 0 aromatic rings. The van der Waals surface area contributed by atoms with Crippen molar-refractivity contribution in [2.24, 2.45) is 0 Å². The van der Waals surface area contributed by atoms with Crippen LogP contribution in [0.25, 0.3) is 0 Å². The van der Waals surface area contributed by atoms with Crippen LogP contribution in [0.1, 0.15) is 296 Å². The van der Waals surface area contributed by atoms with Crippen molar-refractivity contribution in [3.8, 4) is 0 Å². The Balaban J connectivity index is 3.41. The minimum absolute atomic E-state index is 0.136. The minimum atomic E-state index is 0.136. The number of unbranched alkanes of at least 4 members (excludes halogenated alkanes) is 42. The van der Waals surface area contributed by atoms with Crippen LogP contribution in [0.3, 0.4) is 0 Å². The molecule has 0 unspecified atom stereocenters. The normalized spacial score (nSPS) is 11.4. The van der Waals surface area contributed by atoms with Crippen LogP contribution in [-0.2, 0) is 4.79 Å². The van der Waals surface area contributed by atoms with Gasteiger partial charge in [0.15, 0.2) is 0 Å². The Morgan fingerprint density at radius 1 is 0.302 bits per heavy atom. The van der Waals surface area contributed by atoms with Gasteiger partial charge in [0.25, 0.3) is 0 Å². The lowest BCUT2D eigenvalue weighted by Gasteiger charge is -2.21. The molecule has 0 spiro atoms. The fourth-order valence-electron chi connectivity index (χ4n) is 8.28. The third-order valence-corrected chi connectivity index (χ3v) is 12.0. The number of rotatable bonds is 47. The lowest BCUT2D eigenvalue weighted by Crippen LogP contribution is -2.31. The summed E-state index contributed by atoms with van der Waals surface area (Å²) in [5.41, 5.74) is 0. The Morgan fingerprint density at radius 2 is 0.453 bits per heavy atom. The SMILES string of the molecule is C=CC(=O)N(CCCCCCCCCCCCCCCCCCCCCCCC)CCCCCCCCCCCCCCCCCCCCCCCC. The standard InChI is InChI=1S/C51H101NO/c1-4-7-9-11-13-15-17-19-21-23-25-27-29-31-33-35-37-39-41-43-45-47-49-52(51(53)6-3)50-48-46-44-42-40-38-36-34-32-30-28-26-24-22-20-18-16-14-12-10-8-5-2/h6H,3-5,7-50H2,1-2H3. The van der Waals surface area contributed by atoms with Gasteiger partial charge in [-0.15, -0.1) is 0 Å². The smallest absolute Gasteiger partial charge is 0.245 e. The molecule has 0 aromatic heterocycles. The van der Waals surface area contributed by atoms with Crippen molar-refractivity contribution in [2.75, 3.05) is 13.1 Å². The van der Waals surface area contributed by atoms with E-state index in [1.165, 1.54) is 276 Å². The minimum Gasteiger partial charge on any atom is -0.339 e. The topological polar surface area (TPSA) is 20.3 Å². The zero-order chi connectivity index (χ0) is 38.4. The molecule has 0 heterocycles. The van der Waals surface area contributed by atoms with Crippen LogP contribution < -0.4 is 0 Å². The second kappa shape index (κ2) is 47.4. The summed E-state index contributed by atoms with van der Waals surface area (Å²) < 4.78 is 0. The van der Waals surface area contributed by atoms with E-state index in [2.05, 4.69) is 25.3 Å². The van der Waals surface area contributed by atoms with E-state index in [1.807, 2.05) is 0 Å². The average Bonchev–Trinajstić information content (AvgIpc) is 3.17. The lowest BCUT2D eigenvalue weighted by atomic mass is 10.0. The van der Waals surface area contributed by atoms with E-state index in [1.54, 1.807) is 0 Å². The molecule has 0 radical (unpaired) electrons. The highest BCUT2D eigenvalue weighted by Gasteiger charge is 2.09. The van der Waals surface area contributed by atoms with Crippen molar-refractivity contribution >= 4 is 5.91 Å². The predicted molar refractivity (Wildman–Crippen MR) is 241 cm³/mol.